The number of likely N-dealkylation sites (tertiary alicyclic amines) is 1. The molecule has 1 rings (SSSR count). The van der Waals surface area contributed by atoms with Crippen LogP contribution >= 0.6 is 0 Å². The van der Waals surface area contributed by atoms with Crippen LogP contribution in [0.2, 0.25) is 0 Å². The van der Waals surface area contributed by atoms with Crippen molar-refractivity contribution in [2.75, 3.05) is 33.7 Å². The lowest BCUT2D eigenvalue weighted by Crippen LogP contribution is -2.16. The number of likely N-dealkylation sites (N-methyl/N-ethyl adjacent to an activating group) is 1. The first kappa shape index (κ1) is 10.3. The van der Waals surface area contributed by atoms with Crippen molar-refractivity contribution in [3.8, 4) is 0 Å². The van der Waals surface area contributed by atoms with E-state index in [-0.39, 0.29) is 0 Å². The molecular formula is C11H20N2. The summed E-state index contributed by atoms with van der Waals surface area (Å²) >= 11 is 0. The smallest absolute Gasteiger partial charge is 0.0290 e. The zero-order valence-corrected chi connectivity index (χ0v) is 8.79. The van der Waals surface area contributed by atoms with Crippen molar-refractivity contribution in [3.63, 3.8) is 0 Å². The van der Waals surface area contributed by atoms with Crippen molar-refractivity contribution in [1.29, 1.82) is 0 Å². The molecule has 0 aliphatic carbocycles. The van der Waals surface area contributed by atoms with Gasteiger partial charge in [-0.25, -0.2) is 0 Å². The second kappa shape index (κ2) is 5.07. The van der Waals surface area contributed by atoms with Gasteiger partial charge in [0, 0.05) is 25.3 Å². The van der Waals surface area contributed by atoms with E-state index in [1.165, 1.54) is 31.6 Å². The molecule has 1 aliphatic heterocycles. The SMILES string of the molecule is C=C(/C=C/CN(C)C)N1CCCC1. The van der Waals surface area contributed by atoms with E-state index in [2.05, 4.69) is 42.6 Å². The minimum absolute atomic E-state index is 0.993. The summed E-state index contributed by atoms with van der Waals surface area (Å²) in [5.41, 5.74) is 1.17. The van der Waals surface area contributed by atoms with Crippen molar-refractivity contribution < 1.29 is 0 Å². The number of allylic oxidation sites excluding steroid dienone is 1. The highest BCUT2D eigenvalue weighted by Crippen LogP contribution is 2.13. The molecule has 1 heterocycles. The van der Waals surface area contributed by atoms with E-state index in [4.69, 9.17) is 0 Å². The molecule has 0 aromatic carbocycles. The lowest BCUT2D eigenvalue weighted by Gasteiger charge is -2.17. The van der Waals surface area contributed by atoms with Crippen LogP contribution in [0, 0.1) is 0 Å². The van der Waals surface area contributed by atoms with Crippen LogP contribution in [0.4, 0.5) is 0 Å². The van der Waals surface area contributed by atoms with Gasteiger partial charge < -0.3 is 9.80 Å². The van der Waals surface area contributed by atoms with Crippen LogP contribution in [0.25, 0.3) is 0 Å². The van der Waals surface area contributed by atoms with Crippen LogP contribution < -0.4 is 0 Å². The molecule has 1 fully saturated rings. The Kier molecular flexibility index (Phi) is 4.03. The summed E-state index contributed by atoms with van der Waals surface area (Å²) in [6, 6.07) is 0. The molecule has 0 unspecified atom stereocenters. The first-order valence-corrected chi connectivity index (χ1v) is 4.95. The van der Waals surface area contributed by atoms with Gasteiger partial charge in [-0.3, -0.25) is 0 Å². The summed E-state index contributed by atoms with van der Waals surface area (Å²) in [5.74, 6) is 0. The number of nitrogens with zero attached hydrogens (tertiary/aromatic N) is 2. The topological polar surface area (TPSA) is 6.48 Å². The molecule has 0 amide bonds. The number of hydrogen-bond donors (Lipinski definition) is 0. The van der Waals surface area contributed by atoms with Crippen LogP contribution in [0.1, 0.15) is 12.8 Å². The largest absolute Gasteiger partial charge is 0.372 e. The summed E-state index contributed by atoms with van der Waals surface area (Å²) in [5, 5.41) is 0. The summed E-state index contributed by atoms with van der Waals surface area (Å²) < 4.78 is 0. The first-order valence-electron chi connectivity index (χ1n) is 4.95. The van der Waals surface area contributed by atoms with Crippen LogP contribution in [0.15, 0.2) is 24.4 Å². The predicted molar refractivity (Wildman–Crippen MR) is 57.6 cm³/mol. The zero-order chi connectivity index (χ0) is 9.68. The molecule has 74 valence electrons. The maximum Gasteiger partial charge on any atom is 0.0290 e. The second-order valence-corrected chi connectivity index (χ2v) is 3.85. The maximum atomic E-state index is 4.05. The summed E-state index contributed by atoms with van der Waals surface area (Å²) in [6.45, 7) is 7.42. The molecule has 0 atom stereocenters. The van der Waals surface area contributed by atoms with Crippen molar-refractivity contribution in [2.24, 2.45) is 0 Å². The third-order valence-corrected chi connectivity index (χ3v) is 2.29. The number of rotatable bonds is 4. The summed E-state index contributed by atoms with van der Waals surface area (Å²) in [7, 11) is 4.14. The van der Waals surface area contributed by atoms with E-state index in [1.54, 1.807) is 0 Å². The Bertz CT molecular complexity index is 188. The van der Waals surface area contributed by atoms with Gasteiger partial charge in [0.25, 0.3) is 0 Å². The van der Waals surface area contributed by atoms with Crippen molar-refractivity contribution >= 4 is 0 Å². The molecule has 2 heteroatoms. The maximum absolute atomic E-state index is 4.05. The summed E-state index contributed by atoms with van der Waals surface area (Å²) in [6.07, 6.45) is 6.94. The zero-order valence-electron chi connectivity index (χ0n) is 8.79. The van der Waals surface area contributed by atoms with Gasteiger partial charge in [0.2, 0.25) is 0 Å². The Morgan fingerprint density at radius 1 is 1.38 bits per heavy atom. The highest BCUT2D eigenvalue weighted by atomic mass is 15.1. The van der Waals surface area contributed by atoms with E-state index in [1.807, 2.05) is 0 Å². The minimum atomic E-state index is 0.993. The normalized spacial score (nSPS) is 17.6. The van der Waals surface area contributed by atoms with Gasteiger partial charge >= 0.3 is 0 Å². The Labute approximate surface area is 81.5 Å². The van der Waals surface area contributed by atoms with E-state index in [9.17, 15) is 0 Å². The van der Waals surface area contributed by atoms with Gasteiger partial charge in [0.05, 0.1) is 0 Å². The van der Waals surface area contributed by atoms with E-state index in [0.29, 0.717) is 0 Å². The molecule has 0 aromatic rings. The highest BCUT2D eigenvalue weighted by Gasteiger charge is 2.10. The van der Waals surface area contributed by atoms with Crippen molar-refractivity contribution in [3.05, 3.63) is 24.4 Å². The highest BCUT2D eigenvalue weighted by molar-refractivity contribution is 5.14. The van der Waals surface area contributed by atoms with Gasteiger partial charge in [0.15, 0.2) is 0 Å². The molecule has 1 aliphatic rings. The third-order valence-electron chi connectivity index (χ3n) is 2.29. The molecule has 0 aromatic heterocycles. The van der Waals surface area contributed by atoms with Gasteiger partial charge in [0.1, 0.15) is 0 Å². The van der Waals surface area contributed by atoms with E-state index >= 15 is 0 Å². The Morgan fingerprint density at radius 2 is 2.00 bits per heavy atom. The third kappa shape index (κ3) is 3.64. The number of hydrogen-bond acceptors (Lipinski definition) is 2. The fourth-order valence-electron chi connectivity index (χ4n) is 1.51. The fraction of sp³-hybridized carbons (Fsp3) is 0.636. The monoisotopic (exact) mass is 180 g/mol. The average molecular weight is 180 g/mol. The molecule has 0 radical (unpaired) electrons. The molecular weight excluding hydrogens is 160 g/mol. The second-order valence-electron chi connectivity index (χ2n) is 3.85. The Balaban J connectivity index is 2.27. The lowest BCUT2D eigenvalue weighted by atomic mass is 10.3. The minimum Gasteiger partial charge on any atom is -0.372 e. The summed E-state index contributed by atoms with van der Waals surface area (Å²) in [4.78, 5) is 4.50. The van der Waals surface area contributed by atoms with Crippen LogP contribution in [-0.4, -0.2) is 43.5 Å². The molecule has 0 spiro atoms. The molecule has 1 saturated heterocycles. The average Bonchev–Trinajstić information content (AvgIpc) is 2.55. The van der Waals surface area contributed by atoms with Gasteiger partial charge in [-0.15, -0.1) is 0 Å². The molecule has 13 heavy (non-hydrogen) atoms. The van der Waals surface area contributed by atoms with Crippen LogP contribution in [-0.2, 0) is 0 Å². The molecule has 0 N–H and O–H groups in total. The van der Waals surface area contributed by atoms with E-state index < -0.39 is 0 Å². The van der Waals surface area contributed by atoms with Gasteiger partial charge in [-0.05, 0) is 33.0 Å². The Hall–Kier alpha value is -0.760. The van der Waals surface area contributed by atoms with Crippen molar-refractivity contribution in [1.82, 2.24) is 9.80 Å². The van der Waals surface area contributed by atoms with Crippen LogP contribution in [0.5, 0.6) is 0 Å². The predicted octanol–water partition coefficient (Wildman–Crippen LogP) is 1.71. The molecule has 2 nitrogen and oxygen atoms in total. The van der Waals surface area contributed by atoms with Gasteiger partial charge in [-0.1, -0.05) is 12.7 Å². The van der Waals surface area contributed by atoms with Crippen LogP contribution in [0.3, 0.4) is 0 Å². The standard InChI is InChI=1S/C11H20N2/c1-11(7-6-8-12(2)3)13-9-4-5-10-13/h6-7H,1,4-5,8-10H2,2-3H3/b7-6+. The molecule has 0 bridgehead atoms. The Morgan fingerprint density at radius 3 is 2.54 bits per heavy atom. The molecule has 0 saturated carbocycles. The van der Waals surface area contributed by atoms with Gasteiger partial charge in [-0.2, -0.15) is 0 Å². The fourth-order valence-corrected chi connectivity index (χ4v) is 1.51. The van der Waals surface area contributed by atoms with Crippen molar-refractivity contribution in [2.45, 2.75) is 12.8 Å². The first-order chi connectivity index (χ1) is 6.20. The quantitative estimate of drug-likeness (QED) is 0.608. The van der Waals surface area contributed by atoms with E-state index in [0.717, 1.165) is 6.54 Å². The lowest BCUT2D eigenvalue weighted by molar-refractivity contribution is 0.438.